The van der Waals surface area contributed by atoms with Gasteiger partial charge in [-0.1, -0.05) is 18.2 Å². The number of anilines is 1. The van der Waals surface area contributed by atoms with Crippen molar-refractivity contribution in [3.05, 3.63) is 59.9 Å². The Balaban J connectivity index is 1.41. The fraction of sp³-hybridized carbons (Fsp3) is 0.294. The second-order valence-corrected chi connectivity index (χ2v) is 6.43. The highest BCUT2D eigenvalue weighted by molar-refractivity contribution is 7.71. The Morgan fingerprint density at radius 1 is 1.00 bits per heavy atom. The van der Waals surface area contributed by atoms with Crippen LogP contribution in [0, 0.1) is 4.77 Å². The van der Waals surface area contributed by atoms with Crippen LogP contribution in [0.2, 0.25) is 0 Å². The van der Waals surface area contributed by atoms with Crippen molar-refractivity contribution in [2.24, 2.45) is 0 Å². The zero-order chi connectivity index (χ0) is 17.1. The Labute approximate surface area is 151 Å². The predicted octanol–water partition coefficient (Wildman–Crippen LogP) is 0.556. The predicted molar refractivity (Wildman–Crippen MR) is 97.3 cm³/mol. The monoisotopic (exact) mass is 354 g/mol. The molecule has 3 aromatic rings. The maximum absolute atomic E-state index is 5.60. The highest BCUT2D eigenvalue weighted by atomic mass is 32.1. The van der Waals surface area contributed by atoms with E-state index in [0.717, 1.165) is 49.3 Å². The van der Waals surface area contributed by atoms with Crippen molar-refractivity contribution in [2.75, 3.05) is 31.1 Å². The fourth-order valence-corrected chi connectivity index (χ4v) is 3.32. The lowest BCUT2D eigenvalue weighted by Gasteiger charge is -2.31. The third-order valence-electron chi connectivity index (χ3n) is 4.45. The minimum Gasteiger partial charge on any atom is -0.330 e. The summed E-state index contributed by atoms with van der Waals surface area (Å²) in [7, 11) is 0. The van der Waals surface area contributed by atoms with E-state index in [4.69, 9.17) is 12.2 Å². The van der Waals surface area contributed by atoms with Gasteiger partial charge in [0.2, 0.25) is 10.7 Å². The number of aromatic nitrogens is 5. The van der Waals surface area contributed by atoms with Gasteiger partial charge >= 0.3 is 0 Å². The Hall–Kier alpha value is -2.58. The van der Waals surface area contributed by atoms with E-state index in [9.17, 15) is 0 Å². The van der Waals surface area contributed by atoms with Gasteiger partial charge in [0.25, 0.3) is 0 Å². The molecule has 8 heteroatoms. The molecule has 0 aliphatic carbocycles. The highest BCUT2D eigenvalue weighted by Gasteiger charge is 2.22. The number of quaternary nitrogens is 1. The molecular formula is C17H20N7S+. The zero-order valence-corrected chi connectivity index (χ0v) is 14.6. The molecule has 3 heterocycles. The Morgan fingerprint density at radius 3 is 2.44 bits per heavy atom. The van der Waals surface area contributed by atoms with Gasteiger partial charge in [0, 0.05) is 18.1 Å². The minimum atomic E-state index is 0.729. The quantitative estimate of drug-likeness (QED) is 0.694. The van der Waals surface area contributed by atoms with Crippen molar-refractivity contribution in [1.82, 2.24) is 24.3 Å². The van der Waals surface area contributed by atoms with E-state index < -0.39 is 0 Å². The first-order valence-corrected chi connectivity index (χ1v) is 8.77. The van der Waals surface area contributed by atoms with Gasteiger partial charge in [-0.15, -0.1) is 0 Å². The van der Waals surface area contributed by atoms with Crippen LogP contribution in [0.25, 0.3) is 5.69 Å². The van der Waals surface area contributed by atoms with Crippen LogP contribution >= 0.6 is 12.2 Å². The molecule has 0 radical (unpaired) electrons. The SMILES string of the molecule is S=c1n(-c2ccccc2)cnn1C[NH+]1CCN(c2ncccn2)CC1. The van der Waals surface area contributed by atoms with Crippen LogP contribution in [0.3, 0.4) is 0 Å². The summed E-state index contributed by atoms with van der Waals surface area (Å²) in [6.07, 6.45) is 5.37. The third kappa shape index (κ3) is 3.45. The van der Waals surface area contributed by atoms with Crippen molar-refractivity contribution in [3.8, 4) is 5.69 Å². The summed E-state index contributed by atoms with van der Waals surface area (Å²) in [6.45, 7) is 4.68. The van der Waals surface area contributed by atoms with Crippen molar-refractivity contribution >= 4 is 18.2 Å². The van der Waals surface area contributed by atoms with Crippen molar-refractivity contribution in [2.45, 2.75) is 6.67 Å². The van der Waals surface area contributed by atoms with Crippen molar-refractivity contribution in [3.63, 3.8) is 0 Å². The number of hydrogen-bond acceptors (Lipinski definition) is 5. The molecule has 0 amide bonds. The summed E-state index contributed by atoms with van der Waals surface area (Å²) in [5, 5.41) is 4.48. The molecule has 1 fully saturated rings. The molecule has 1 aromatic carbocycles. The third-order valence-corrected chi connectivity index (χ3v) is 4.85. The number of nitrogens with one attached hydrogen (secondary N) is 1. The molecule has 0 saturated carbocycles. The van der Waals surface area contributed by atoms with Gasteiger partial charge < -0.3 is 9.80 Å². The lowest BCUT2D eigenvalue weighted by Crippen LogP contribution is -3.14. The molecule has 128 valence electrons. The van der Waals surface area contributed by atoms with Gasteiger partial charge in [-0.3, -0.25) is 4.57 Å². The molecule has 1 aliphatic rings. The van der Waals surface area contributed by atoms with Gasteiger partial charge in [0.05, 0.1) is 26.2 Å². The molecule has 1 saturated heterocycles. The zero-order valence-electron chi connectivity index (χ0n) is 13.8. The van der Waals surface area contributed by atoms with Crippen LogP contribution in [0.1, 0.15) is 0 Å². The molecule has 1 N–H and O–H groups in total. The van der Waals surface area contributed by atoms with E-state index in [-0.39, 0.29) is 0 Å². The van der Waals surface area contributed by atoms with Gasteiger partial charge in [0.15, 0.2) is 6.67 Å². The molecule has 4 rings (SSSR count). The smallest absolute Gasteiger partial charge is 0.225 e. The van der Waals surface area contributed by atoms with E-state index in [0.29, 0.717) is 0 Å². The van der Waals surface area contributed by atoms with Crippen LogP contribution in [0.15, 0.2) is 55.1 Å². The fourth-order valence-electron chi connectivity index (χ4n) is 3.06. The average molecular weight is 354 g/mol. The largest absolute Gasteiger partial charge is 0.330 e. The van der Waals surface area contributed by atoms with Crippen LogP contribution in [-0.4, -0.2) is 50.5 Å². The lowest BCUT2D eigenvalue weighted by molar-refractivity contribution is -0.924. The van der Waals surface area contributed by atoms with Gasteiger partial charge in [-0.25, -0.2) is 9.97 Å². The number of rotatable bonds is 4. The van der Waals surface area contributed by atoms with E-state index >= 15 is 0 Å². The normalized spacial score (nSPS) is 15.4. The molecule has 2 aromatic heterocycles. The second kappa shape index (κ2) is 7.12. The Kier molecular flexibility index (Phi) is 4.53. The lowest BCUT2D eigenvalue weighted by atomic mass is 10.3. The molecule has 0 spiro atoms. The maximum Gasteiger partial charge on any atom is 0.225 e. The first-order chi connectivity index (χ1) is 12.3. The Morgan fingerprint density at radius 2 is 1.72 bits per heavy atom. The van der Waals surface area contributed by atoms with Gasteiger partial charge in [0.1, 0.15) is 6.33 Å². The number of piperazine rings is 1. The second-order valence-electron chi connectivity index (χ2n) is 6.06. The van der Waals surface area contributed by atoms with Gasteiger partial charge in [-0.2, -0.15) is 9.78 Å². The van der Waals surface area contributed by atoms with E-state index in [2.05, 4.69) is 20.0 Å². The number of benzene rings is 1. The summed E-state index contributed by atoms with van der Waals surface area (Å²) in [6, 6.07) is 11.9. The maximum atomic E-state index is 5.60. The van der Waals surface area contributed by atoms with E-state index in [1.165, 1.54) is 4.90 Å². The number of para-hydroxylation sites is 1. The summed E-state index contributed by atoms with van der Waals surface area (Å²) in [5.41, 5.74) is 1.04. The molecule has 0 atom stereocenters. The van der Waals surface area contributed by atoms with Crippen LogP contribution in [-0.2, 0) is 6.67 Å². The van der Waals surface area contributed by atoms with E-state index in [1.807, 2.05) is 45.6 Å². The Bertz CT molecular complexity index is 867. The number of nitrogens with zero attached hydrogens (tertiary/aromatic N) is 6. The van der Waals surface area contributed by atoms with Crippen LogP contribution in [0.4, 0.5) is 5.95 Å². The first kappa shape index (κ1) is 15.9. The van der Waals surface area contributed by atoms with Crippen LogP contribution < -0.4 is 9.80 Å². The standard InChI is InChI=1S/C17H19N7S/c25-17-23(15-5-2-1-3-6-15)13-20-24(17)14-21-9-11-22(12-10-21)16-18-7-4-8-19-16/h1-8,13H,9-12,14H2/p+1. The first-order valence-electron chi connectivity index (χ1n) is 8.37. The summed E-state index contributed by atoms with van der Waals surface area (Å²) < 4.78 is 4.59. The van der Waals surface area contributed by atoms with Crippen LogP contribution in [0.5, 0.6) is 0 Å². The molecule has 7 nitrogen and oxygen atoms in total. The molecule has 0 unspecified atom stereocenters. The topological polar surface area (TPSA) is 56.2 Å². The van der Waals surface area contributed by atoms with Crippen molar-refractivity contribution in [1.29, 1.82) is 0 Å². The highest BCUT2D eigenvalue weighted by Crippen LogP contribution is 2.07. The van der Waals surface area contributed by atoms with Gasteiger partial charge in [-0.05, 0) is 30.4 Å². The molecule has 1 aliphatic heterocycles. The summed E-state index contributed by atoms with van der Waals surface area (Å²) in [5.74, 6) is 0.812. The van der Waals surface area contributed by atoms with Crippen molar-refractivity contribution < 1.29 is 4.90 Å². The molecule has 25 heavy (non-hydrogen) atoms. The average Bonchev–Trinajstić information content (AvgIpc) is 3.04. The number of hydrogen-bond donors (Lipinski definition) is 1. The van der Waals surface area contributed by atoms with E-state index in [1.54, 1.807) is 18.7 Å². The molecule has 0 bridgehead atoms. The molecular weight excluding hydrogens is 334 g/mol. The summed E-state index contributed by atoms with van der Waals surface area (Å²) >= 11 is 5.60. The summed E-state index contributed by atoms with van der Waals surface area (Å²) in [4.78, 5) is 12.3. The minimum absolute atomic E-state index is 0.729.